The fourth-order valence-corrected chi connectivity index (χ4v) is 3.60. The van der Waals surface area contributed by atoms with Gasteiger partial charge < -0.3 is 10.3 Å². The maximum atomic E-state index is 12.4. The van der Waals surface area contributed by atoms with E-state index in [0.717, 1.165) is 5.69 Å². The van der Waals surface area contributed by atoms with Crippen molar-refractivity contribution in [3.8, 4) is 0 Å². The number of hydrogen-bond donors (Lipinski definition) is 2. The van der Waals surface area contributed by atoms with Crippen LogP contribution in [0.3, 0.4) is 0 Å². The van der Waals surface area contributed by atoms with Gasteiger partial charge in [0.2, 0.25) is 10.0 Å². The van der Waals surface area contributed by atoms with Gasteiger partial charge in [-0.3, -0.25) is 0 Å². The van der Waals surface area contributed by atoms with Crippen LogP contribution in [-0.4, -0.2) is 36.3 Å². The first-order chi connectivity index (χ1) is 8.78. The van der Waals surface area contributed by atoms with Gasteiger partial charge >= 0.3 is 0 Å². The fraction of sp³-hybridized carbons (Fsp3) is 0.692. The molecule has 0 fully saturated rings. The average Bonchev–Trinajstić information content (AvgIpc) is 2.75. The highest BCUT2D eigenvalue weighted by atomic mass is 32.2. The summed E-state index contributed by atoms with van der Waals surface area (Å²) in [6, 6.07) is 2.03. The minimum absolute atomic E-state index is 0.0397. The van der Waals surface area contributed by atoms with E-state index in [1.165, 1.54) is 4.31 Å². The Morgan fingerprint density at radius 1 is 1.32 bits per heavy atom. The normalized spacial score (nSPS) is 12.8. The maximum absolute atomic E-state index is 12.4. The first-order valence-corrected chi connectivity index (χ1v) is 8.15. The van der Waals surface area contributed by atoms with Crippen LogP contribution in [0.15, 0.2) is 17.2 Å². The molecule has 0 unspecified atom stereocenters. The van der Waals surface area contributed by atoms with Crippen molar-refractivity contribution in [2.75, 3.05) is 6.54 Å². The number of aromatic amines is 1. The van der Waals surface area contributed by atoms with Crippen LogP contribution in [0, 0.1) is 0 Å². The molecule has 0 spiro atoms. The lowest BCUT2D eigenvalue weighted by atomic mass is 10.3. The largest absolute Gasteiger partial charge is 0.363 e. The second-order valence-electron chi connectivity index (χ2n) is 5.20. The number of nitrogens with zero attached hydrogens (tertiary/aromatic N) is 1. The molecule has 2 N–H and O–H groups in total. The molecule has 1 heterocycles. The number of hydrogen-bond acceptors (Lipinski definition) is 3. The summed E-state index contributed by atoms with van der Waals surface area (Å²) in [5.41, 5.74) is 0.882. The van der Waals surface area contributed by atoms with Gasteiger partial charge in [-0.1, -0.05) is 20.8 Å². The van der Waals surface area contributed by atoms with Gasteiger partial charge in [-0.05, 0) is 19.9 Å². The quantitative estimate of drug-likeness (QED) is 0.805. The first-order valence-electron chi connectivity index (χ1n) is 6.71. The van der Waals surface area contributed by atoms with Crippen molar-refractivity contribution in [3.05, 3.63) is 18.0 Å². The van der Waals surface area contributed by atoms with Crippen LogP contribution in [-0.2, 0) is 16.6 Å². The summed E-state index contributed by atoms with van der Waals surface area (Å²) >= 11 is 0. The number of nitrogens with one attached hydrogen (secondary N) is 2. The van der Waals surface area contributed by atoms with Crippen molar-refractivity contribution >= 4 is 10.0 Å². The Kier molecular flexibility index (Phi) is 5.58. The Bertz CT molecular complexity index is 492. The SMILES string of the molecule is CCN(C(C)C)S(=O)(=O)c1c[nH]c(CNC(C)C)c1. The van der Waals surface area contributed by atoms with E-state index in [0.29, 0.717) is 24.0 Å². The molecule has 0 amide bonds. The van der Waals surface area contributed by atoms with E-state index >= 15 is 0 Å². The van der Waals surface area contributed by atoms with Gasteiger partial charge in [-0.25, -0.2) is 8.42 Å². The Balaban J connectivity index is 2.91. The molecule has 19 heavy (non-hydrogen) atoms. The van der Waals surface area contributed by atoms with E-state index in [9.17, 15) is 8.42 Å². The van der Waals surface area contributed by atoms with Gasteiger partial charge in [0.1, 0.15) is 0 Å². The Morgan fingerprint density at radius 2 is 1.95 bits per heavy atom. The monoisotopic (exact) mass is 287 g/mol. The third-order valence-corrected chi connectivity index (χ3v) is 5.04. The molecular weight excluding hydrogens is 262 g/mol. The topological polar surface area (TPSA) is 65.2 Å². The van der Waals surface area contributed by atoms with Crippen molar-refractivity contribution in [3.63, 3.8) is 0 Å². The van der Waals surface area contributed by atoms with Crippen molar-refractivity contribution in [1.29, 1.82) is 0 Å². The molecule has 110 valence electrons. The highest BCUT2D eigenvalue weighted by Gasteiger charge is 2.26. The minimum Gasteiger partial charge on any atom is -0.363 e. The zero-order valence-corrected chi connectivity index (χ0v) is 13.2. The molecule has 5 nitrogen and oxygen atoms in total. The highest BCUT2D eigenvalue weighted by molar-refractivity contribution is 7.89. The van der Waals surface area contributed by atoms with Crippen LogP contribution >= 0.6 is 0 Å². The lowest BCUT2D eigenvalue weighted by Gasteiger charge is -2.23. The maximum Gasteiger partial charge on any atom is 0.244 e. The zero-order chi connectivity index (χ0) is 14.6. The van der Waals surface area contributed by atoms with Crippen molar-refractivity contribution in [2.24, 2.45) is 0 Å². The fourth-order valence-electron chi connectivity index (χ4n) is 1.93. The van der Waals surface area contributed by atoms with E-state index in [4.69, 9.17) is 0 Å². The first kappa shape index (κ1) is 16.2. The molecule has 1 aromatic rings. The molecule has 0 atom stereocenters. The lowest BCUT2D eigenvalue weighted by Crippen LogP contribution is -2.36. The average molecular weight is 287 g/mol. The molecule has 0 aliphatic carbocycles. The van der Waals surface area contributed by atoms with E-state index in [-0.39, 0.29) is 6.04 Å². The minimum atomic E-state index is -3.39. The lowest BCUT2D eigenvalue weighted by molar-refractivity contribution is 0.369. The van der Waals surface area contributed by atoms with Crippen LogP contribution in [0.1, 0.15) is 40.3 Å². The smallest absolute Gasteiger partial charge is 0.244 e. The molecule has 0 aliphatic rings. The molecular formula is C13H25N3O2S. The van der Waals surface area contributed by atoms with Crippen LogP contribution in [0.4, 0.5) is 0 Å². The van der Waals surface area contributed by atoms with Gasteiger partial charge in [0.05, 0.1) is 4.90 Å². The Hall–Kier alpha value is -0.850. The van der Waals surface area contributed by atoms with Gasteiger partial charge in [0, 0.05) is 37.1 Å². The third kappa shape index (κ3) is 4.06. The molecule has 0 aliphatic heterocycles. The Morgan fingerprint density at radius 3 is 2.42 bits per heavy atom. The van der Waals surface area contributed by atoms with Gasteiger partial charge in [-0.15, -0.1) is 0 Å². The van der Waals surface area contributed by atoms with E-state index in [2.05, 4.69) is 24.1 Å². The summed E-state index contributed by atoms with van der Waals surface area (Å²) < 4.78 is 26.4. The molecule has 0 radical (unpaired) electrons. The summed E-state index contributed by atoms with van der Waals surface area (Å²) in [4.78, 5) is 3.35. The second kappa shape index (κ2) is 6.54. The van der Waals surface area contributed by atoms with E-state index < -0.39 is 10.0 Å². The molecule has 0 bridgehead atoms. The van der Waals surface area contributed by atoms with Crippen molar-refractivity contribution in [2.45, 2.75) is 58.1 Å². The van der Waals surface area contributed by atoms with E-state index in [1.807, 2.05) is 20.8 Å². The van der Waals surface area contributed by atoms with Crippen molar-refractivity contribution < 1.29 is 8.42 Å². The van der Waals surface area contributed by atoms with Gasteiger partial charge in [-0.2, -0.15) is 4.31 Å². The number of H-pyrrole nitrogens is 1. The summed E-state index contributed by atoms with van der Waals surface area (Å²) in [5, 5.41) is 3.25. The predicted molar refractivity (Wildman–Crippen MR) is 77.5 cm³/mol. The zero-order valence-electron chi connectivity index (χ0n) is 12.4. The number of sulfonamides is 1. The molecule has 1 aromatic heterocycles. The molecule has 0 aromatic carbocycles. The van der Waals surface area contributed by atoms with Crippen LogP contribution in [0.5, 0.6) is 0 Å². The van der Waals surface area contributed by atoms with Crippen LogP contribution in [0.25, 0.3) is 0 Å². The van der Waals surface area contributed by atoms with Gasteiger partial charge in [0.15, 0.2) is 0 Å². The molecule has 0 saturated carbocycles. The summed E-state index contributed by atoms with van der Waals surface area (Å²) in [6.45, 7) is 10.8. The Labute approximate surface area is 116 Å². The van der Waals surface area contributed by atoms with Crippen LogP contribution < -0.4 is 5.32 Å². The van der Waals surface area contributed by atoms with Crippen LogP contribution in [0.2, 0.25) is 0 Å². The molecule has 6 heteroatoms. The van der Waals surface area contributed by atoms with Gasteiger partial charge in [0.25, 0.3) is 0 Å². The molecule has 0 saturated heterocycles. The van der Waals surface area contributed by atoms with Crippen molar-refractivity contribution in [1.82, 2.24) is 14.6 Å². The standard InChI is InChI=1S/C13H25N3O2S/c1-6-16(11(4)5)19(17,18)13-7-12(15-9-13)8-14-10(2)3/h7,9-11,14-15H,6,8H2,1-5H3. The summed E-state index contributed by atoms with van der Waals surface area (Å²) in [6.07, 6.45) is 1.57. The summed E-state index contributed by atoms with van der Waals surface area (Å²) in [5.74, 6) is 0. The van der Waals surface area contributed by atoms with E-state index in [1.54, 1.807) is 12.3 Å². The number of aromatic nitrogens is 1. The predicted octanol–water partition coefficient (Wildman–Crippen LogP) is 1.93. The number of rotatable bonds is 7. The second-order valence-corrected chi connectivity index (χ2v) is 7.09. The molecule has 1 rings (SSSR count). The third-order valence-electron chi connectivity index (χ3n) is 2.91. The summed E-state index contributed by atoms with van der Waals surface area (Å²) in [7, 11) is -3.39. The highest BCUT2D eigenvalue weighted by Crippen LogP contribution is 2.18.